The Labute approximate surface area is 116 Å². The van der Waals surface area contributed by atoms with Crippen molar-refractivity contribution in [1.82, 2.24) is 10.2 Å². The zero-order chi connectivity index (χ0) is 13.6. The Balaban J connectivity index is 1.57. The predicted octanol–water partition coefficient (Wildman–Crippen LogP) is 0.960. The summed E-state index contributed by atoms with van der Waals surface area (Å²) in [6.07, 6.45) is 7.29. The van der Waals surface area contributed by atoms with Gasteiger partial charge in [0, 0.05) is 18.1 Å². The number of likely N-dealkylation sites (N-methyl/N-ethyl adjacent to an activating group) is 1. The number of carbonyl (C=O) groups is 1. The van der Waals surface area contributed by atoms with Gasteiger partial charge in [0.05, 0.1) is 5.92 Å². The van der Waals surface area contributed by atoms with Crippen LogP contribution in [0.1, 0.15) is 38.5 Å². The quantitative estimate of drug-likeness (QED) is 0.796. The van der Waals surface area contributed by atoms with Gasteiger partial charge in [0.25, 0.3) is 0 Å². The molecule has 0 aromatic heterocycles. The molecular weight excluding hydrogens is 238 g/mol. The highest BCUT2D eigenvalue weighted by Crippen LogP contribution is 2.47. The van der Waals surface area contributed by atoms with Gasteiger partial charge in [0.2, 0.25) is 5.91 Å². The van der Waals surface area contributed by atoms with Crippen LogP contribution in [0, 0.1) is 17.8 Å². The van der Waals surface area contributed by atoms with Gasteiger partial charge in [-0.1, -0.05) is 0 Å². The summed E-state index contributed by atoms with van der Waals surface area (Å²) in [5.41, 5.74) is 6.45. The molecule has 3 aliphatic rings. The lowest BCUT2D eigenvalue weighted by atomic mass is 9.75. The fourth-order valence-corrected chi connectivity index (χ4v) is 4.46. The van der Waals surface area contributed by atoms with Gasteiger partial charge >= 0.3 is 0 Å². The van der Waals surface area contributed by atoms with E-state index in [9.17, 15) is 4.79 Å². The van der Waals surface area contributed by atoms with Crippen molar-refractivity contribution >= 4 is 5.91 Å². The van der Waals surface area contributed by atoms with E-state index in [2.05, 4.69) is 24.3 Å². The van der Waals surface area contributed by atoms with Crippen molar-refractivity contribution in [3.63, 3.8) is 0 Å². The molecule has 1 amide bonds. The van der Waals surface area contributed by atoms with Gasteiger partial charge in [-0.15, -0.1) is 0 Å². The van der Waals surface area contributed by atoms with Crippen molar-refractivity contribution in [2.75, 3.05) is 20.6 Å². The van der Waals surface area contributed by atoms with Crippen LogP contribution in [-0.4, -0.2) is 43.0 Å². The average molecular weight is 265 g/mol. The van der Waals surface area contributed by atoms with E-state index in [1.807, 2.05) is 0 Å². The van der Waals surface area contributed by atoms with E-state index in [-0.39, 0.29) is 23.4 Å². The van der Waals surface area contributed by atoms with E-state index < -0.39 is 0 Å². The topological polar surface area (TPSA) is 58.4 Å². The molecule has 3 N–H and O–H groups in total. The summed E-state index contributed by atoms with van der Waals surface area (Å²) < 4.78 is 0. The minimum absolute atomic E-state index is 0.0815. The summed E-state index contributed by atoms with van der Waals surface area (Å²) >= 11 is 0. The summed E-state index contributed by atoms with van der Waals surface area (Å²) in [7, 11) is 4.24. The third-order valence-electron chi connectivity index (χ3n) is 6.11. The molecule has 0 radical (unpaired) electrons. The highest BCUT2D eigenvalue weighted by molar-refractivity contribution is 5.80. The largest absolute Gasteiger partial charge is 0.354 e. The molecule has 3 aliphatic carbocycles. The molecule has 3 rings (SSSR count). The van der Waals surface area contributed by atoms with Crippen LogP contribution in [0.15, 0.2) is 0 Å². The SMILES string of the molecule is CN(C)C1(CNC(=O)C2C3CCC(C3)C2N)CCC1. The molecule has 4 heteroatoms. The van der Waals surface area contributed by atoms with Gasteiger partial charge in [-0.05, 0) is 64.5 Å². The highest BCUT2D eigenvalue weighted by atomic mass is 16.2. The van der Waals surface area contributed by atoms with Crippen LogP contribution in [0.2, 0.25) is 0 Å². The van der Waals surface area contributed by atoms with Crippen molar-refractivity contribution in [3.8, 4) is 0 Å². The highest BCUT2D eigenvalue weighted by Gasteiger charge is 2.49. The first kappa shape index (κ1) is 13.4. The molecular formula is C15H27N3O. The smallest absolute Gasteiger partial charge is 0.225 e. The third kappa shape index (κ3) is 2.09. The van der Waals surface area contributed by atoms with Crippen LogP contribution in [0.5, 0.6) is 0 Å². The number of hydrogen-bond donors (Lipinski definition) is 2. The van der Waals surface area contributed by atoms with E-state index in [4.69, 9.17) is 5.73 Å². The third-order valence-corrected chi connectivity index (χ3v) is 6.11. The maximum atomic E-state index is 12.4. The van der Waals surface area contributed by atoms with E-state index in [1.54, 1.807) is 0 Å². The van der Waals surface area contributed by atoms with Crippen molar-refractivity contribution in [3.05, 3.63) is 0 Å². The van der Waals surface area contributed by atoms with Crippen molar-refractivity contribution < 1.29 is 4.79 Å². The molecule has 4 unspecified atom stereocenters. The van der Waals surface area contributed by atoms with Crippen molar-refractivity contribution in [2.24, 2.45) is 23.5 Å². The molecule has 3 fully saturated rings. The van der Waals surface area contributed by atoms with Gasteiger partial charge in [-0.25, -0.2) is 0 Å². The predicted molar refractivity (Wildman–Crippen MR) is 75.6 cm³/mol. The van der Waals surface area contributed by atoms with Gasteiger partial charge in [0.1, 0.15) is 0 Å². The van der Waals surface area contributed by atoms with Crippen LogP contribution in [-0.2, 0) is 4.79 Å². The second kappa shape index (κ2) is 4.74. The fourth-order valence-electron chi connectivity index (χ4n) is 4.46. The van der Waals surface area contributed by atoms with E-state index in [0.29, 0.717) is 11.8 Å². The second-order valence-corrected chi connectivity index (χ2v) is 7.13. The number of nitrogens with zero attached hydrogens (tertiary/aromatic N) is 1. The van der Waals surface area contributed by atoms with E-state index in [0.717, 1.165) is 6.54 Å². The van der Waals surface area contributed by atoms with Crippen molar-refractivity contribution in [1.29, 1.82) is 0 Å². The summed E-state index contributed by atoms with van der Waals surface area (Å²) in [5, 5.41) is 3.20. The second-order valence-electron chi connectivity index (χ2n) is 7.13. The van der Waals surface area contributed by atoms with Crippen LogP contribution in [0.25, 0.3) is 0 Å². The average Bonchev–Trinajstić information content (AvgIpc) is 2.87. The van der Waals surface area contributed by atoms with Crippen LogP contribution in [0.3, 0.4) is 0 Å². The fraction of sp³-hybridized carbons (Fsp3) is 0.933. The van der Waals surface area contributed by atoms with E-state index in [1.165, 1.54) is 38.5 Å². The zero-order valence-corrected chi connectivity index (χ0v) is 12.2. The Morgan fingerprint density at radius 3 is 2.47 bits per heavy atom. The standard InChI is InChI=1S/C15H27N3O/c1-18(2)15(6-3-7-15)9-17-14(19)12-10-4-5-11(8-10)13(12)16/h10-13H,3-9,16H2,1-2H3,(H,17,19). The molecule has 0 saturated heterocycles. The minimum Gasteiger partial charge on any atom is -0.354 e. The lowest BCUT2D eigenvalue weighted by Crippen LogP contribution is -2.58. The lowest BCUT2D eigenvalue weighted by molar-refractivity contribution is -0.128. The van der Waals surface area contributed by atoms with Crippen molar-refractivity contribution in [2.45, 2.75) is 50.1 Å². The first-order valence-corrected chi connectivity index (χ1v) is 7.74. The Bertz CT molecular complexity index is 362. The molecule has 0 aromatic rings. The summed E-state index contributed by atoms with van der Waals surface area (Å²) in [6.45, 7) is 0.791. The first-order valence-electron chi connectivity index (χ1n) is 7.74. The zero-order valence-electron chi connectivity index (χ0n) is 12.2. The Hall–Kier alpha value is -0.610. The molecule has 4 nitrogen and oxygen atoms in total. The number of carbonyl (C=O) groups excluding carboxylic acids is 1. The molecule has 3 saturated carbocycles. The Kier molecular flexibility index (Phi) is 3.34. The maximum Gasteiger partial charge on any atom is 0.225 e. The Morgan fingerprint density at radius 1 is 1.32 bits per heavy atom. The summed E-state index contributed by atoms with van der Waals surface area (Å²) in [4.78, 5) is 14.7. The lowest BCUT2D eigenvalue weighted by Gasteiger charge is -2.47. The first-order chi connectivity index (χ1) is 9.03. The molecule has 0 aliphatic heterocycles. The monoisotopic (exact) mass is 265 g/mol. The number of nitrogens with two attached hydrogens (primary N) is 1. The van der Waals surface area contributed by atoms with Gasteiger partial charge in [0.15, 0.2) is 0 Å². The summed E-state index contributed by atoms with van der Waals surface area (Å²) in [6, 6.07) is 0.107. The number of fused-ring (bicyclic) bond motifs is 2. The minimum atomic E-state index is 0.0815. The number of rotatable bonds is 4. The van der Waals surface area contributed by atoms with E-state index >= 15 is 0 Å². The molecule has 0 heterocycles. The van der Waals surface area contributed by atoms with Crippen LogP contribution in [0.4, 0.5) is 0 Å². The molecule has 2 bridgehead atoms. The molecule has 0 spiro atoms. The molecule has 0 aromatic carbocycles. The molecule has 19 heavy (non-hydrogen) atoms. The number of nitrogens with one attached hydrogen (secondary N) is 1. The van der Waals surface area contributed by atoms with Gasteiger partial charge in [-0.2, -0.15) is 0 Å². The Morgan fingerprint density at radius 2 is 2.00 bits per heavy atom. The number of amides is 1. The normalized spacial score (nSPS) is 39.4. The van der Waals surface area contributed by atoms with Gasteiger partial charge in [-0.3, -0.25) is 4.79 Å². The van der Waals surface area contributed by atoms with Crippen LogP contribution >= 0.6 is 0 Å². The molecule has 108 valence electrons. The van der Waals surface area contributed by atoms with Gasteiger partial charge < -0.3 is 16.0 Å². The number of hydrogen-bond acceptors (Lipinski definition) is 3. The van der Waals surface area contributed by atoms with Crippen LogP contribution < -0.4 is 11.1 Å². The maximum absolute atomic E-state index is 12.4. The summed E-state index contributed by atoms with van der Waals surface area (Å²) in [5.74, 6) is 1.45. The molecule has 4 atom stereocenters.